The van der Waals surface area contributed by atoms with Gasteiger partial charge in [-0.15, -0.1) is 0 Å². The summed E-state index contributed by atoms with van der Waals surface area (Å²) in [6, 6.07) is 6.51. The topological polar surface area (TPSA) is 42.0 Å². The number of rotatable bonds is 2. The third-order valence-electron chi connectivity index (χ3n) is 2.52. The van der Waals surface area contributed by atoms with Crippen molar-refractivity contribution in [2.75, 3.05) is 5.32 Å². The van der Waals surface area contributed by atoms with Crippen LogP contribution in [0.5, 0.6) is 0 Å². The summed E-state index contributed by atoms with van der Waals surface area (Å²) in [5.74, 6) is -0.664. The molecule has 2 rings (SSSR count). The molecule has 3 nitrogen and oxygen atoms in total. The SMILES string of the molecule is O=C(Nc1ccc(Br)cc1C(F)(F)F)c1ccc(Br)nc1. The van der Waals surface area contributed by atoms with Crippen LogP contribution < -0.4 is 5.32 Å². The van der Waals surface area contributed by atoms with E-state index in [0.29, 0.717) is 4.60 Å². The van der Waals surface area contributed by atoms with Crippen molar-refractivity contribution in [3.05, 3.63) is 56.7 Å². The summed E-state index contributed by atoms with van der Waals surface area (Å²) >= 11 is 6.09. The molecular weight excluding hydrogens is 417 g/mol. The number of carbonyl (C=O) groups is 1. The fourth-order valence-electron chi connectivity index (χ4n) is 1.56. The zero-order valence-electron chi connectivity index (χ0n) is 10.2. The van der Waals surface area contributed by atoms with Crippen LogP contribution in [0.4, 0.5) is 18.9 Å². The molecule has 0 fully saturated rings. The second kappa shape index (κ2) is 6.15. The van der Waals surface area contributed by atoms with E-state index >= 15 is 0 Å². The lowest BCUT2D eigenvalue weighted by Gasteiger charge is -2.14. The number of aromatic nitrogens is 1. The van der Waals surface area contributed by atoms with Crippen molar-refractivity contribution in [1.82, 2.24) is 4.98 Å². The van der Waals surface area contributed by atoms with Gasteiger partial charge in [0, 0.05) is 10.7 Å². The summed E-state index contributed by atoms with van der Waals surface area (Å²) in [4.78, 5) is 15.8. The van der Waals surface area contributed by atoms with E-state index < -0.39 is 17.6 Å². The Balaban J connectivity index is 2.31. The van der Waals surface area contributed by atoms with E-state index in [1.807, 2.05) is 0 Å². The molecule has 0 aliphatic heterocycles. The second-order valence-electron chi connectivity index (χ2n) is 4.01. The first-order valence-electron chi connectivity index (χ1n) is 5.57. The van der Waals surface area contributed by atoms with Gasteiger partial charge in [0.1, 0.15) is 4.60 Å². The number of hydrogen-bond donors (Lipinski definition) is 1. The molecule has 0 unspecified atom stereocenters. The van der Waals surface area contributed by atoms with Crippen LogP contribution >= 0.6 is 31.9 Å². The Morgan fingerprint density at radius 3 is 2.43 bits per heavy atom. The maximum absolute atomic E-state index is 12.9. The predicted octanol–water partition coefficient (Wildman–Crippen LogP) is 4.88. The first-order valence-corrected chi connectivity index (χ1v) is 7.15. The number of hydrogen-bond acceptors (Lipinski definition) is 2. The van der Waals surface area contributed by atoms with Gasteiger partial charge in [0.2, 0.25) is 0 Å². The van der Waals surface area contributed by atoms with Crippen LogP contribution in [0.1, 0.15) is 15.9 Å². The van der Waals surface area contributed by atoms with Gasteiger partial charge >= 0.3 is 6.18 Å². The predicted molar refractivity (Wildman–Crippen MR) is 79.0 cm³/mol. The highest BCUT2D eigenvalue weighted by molar-refractivity contribution is 9.10. The molecule has 1 aromatic heterocycles. The van der Waals surface area contributed by atoms with Crippen LogP contribution in [0.25, 0.3) is 0 Å². The molecule has 0 aliphatic rings. The minimum Gasteiger partial charge on any atom is -0.321 e. The molecular formula is C13H7Br2F3N2O. The highest BCUT2D eigenvalue weighted by Crippen LogP contribution is 2.36. The number of nitrogens with zero attached hydrogens (tertiary/aromatic N) is 1. The number of nitrogens with one attached hydrogen (secondary N) is 1. The van der Waals surface area contributed by atoms with Gasteiger partial charge in [-0.2, -0.15) is 13.2 Å². The fourth-order valence-corrected chi connectivity index (χ4v) is 2.16. The van der Waals surface area contributed by atoms with Crippen LogP contribution in [-0.4, -0.2) is 10.9 Å². The smallest absolute Gasteiger partial charge is 0.321 e. The molecule has 0 saturated carbocycles. The Morgan fingerprint density at radius 1 is 1.14 bits per heavy atom. The lowest BCUT2D eigenvalue weighted by Crippen LogP contribution is -2.16. The van der Waals surface area contributed by atoms with Gasteiger partial charge in [-0.05, 0) is 46.3 Å². The monoisotopic (exact) mass is 422 g/mol. The van der Waals surface area contributed by atoms with E-state index in [0.717, 1.165) is 6.07 Å². The van der Waals surface area contributed by atoms with Crippen LogP contribution in [0, 0.1) is 0 Å². The maximum atomic E-state index is 12.9. The van der Waals surface area contributed by atoms with E-state index in [1.165, 1.54) is 30.5 Å². The number of carbonyl (C=O) groups excluding carboxylic acids is 1. The van der Waals surface area contributed by atoms with Gasteiger partial charge in [-0.25, -0.2) is 4.98 Å². The van der Waals surface area contributed by atoms with Crippen molar-refractivity contribution >= 4 is 43.5 Å². The minimum absolute atomic E-state index is 0.161. The summed E-state index contributed by atoms with van der Waals surface area (Å²) in [5, 5.41) is 2.24. The number of alkyl halides is 3. The van der Waals surface area contributed by atoms with E-state index in [9.17, 15) is 18.0 Å². The molecule has 0 aliphatic carbocycles. The molecule has 0 bridgehead atoms. The standard InChI is InChI=1S/C13H7Br2F3N2O/c14-8-2-3-10(9(5-8)13(16,17)18)20-12(21)7-1-4-11(15)19-6-7/h1-6H,(H,20,21). The van der Waals surface area contributed by atoms with Crippen LogP contribution in [-0.2, 0) is 6.18 Å². The van der Waals surface area contributed by atoms with E-state index in [1.54, 1.807) is 0 Å². The van der Waals surface area contributed by atoms with Gasteiger partial charge in [-0.1, -0.05) is 15.9 Å². The summed E-state index contributed by atoms with van der Waals surface area (Å²) in [5.41, 5.74) is -1.07. The van der Waals surface area contributed by atoms with E-state index in [-0.39, 0.29) is 15.7 Å². The molecule has 1 heterocycles. The molecule has 1 N–H and O–H groups in total. The average Bonchev–Trinajstić information content (AvgIpc) is 2.40. The average molecular weight is 424 g/mol. The van der Waals surface area contributed by atoms with Gasteiger partial charge in [0.25, 0.3) is 5.91 Å². The lowest BCUT2D eigenvalue weighted by atomic mass is 10.1. The first kappa shape index (κ1) is 16.0. The number of anilines is 1. The molecule has 0 spiro atoms. The van der Waals surface area contributed by atoms with Gasteiger partial charge in [-0.3, -0.25) is 4.79 Å². The summed E-state index contributed by atoms with van der Waals surface area (Å²) in [6.07, 6.45) is -3.30. The molecule has 0 atom stereocenters. The van der Waals surface area contributed by atoms with Crippen molar-refractivity contribution in [2.45, 2.75) is 6.18 Å². The van der Waals surface area contributed by atoms with Crippen molar-refractivity contribution < 1.29 is 18.0 Å². The van der Waals surface area contributed by atoms with Crippen molar-refractivity contribution in [1.29, 1.82) is 0 Å². The molecule has 0 radical (unpaired) electrons. The minimum atomic E-state index is -4.57. The van der Waals surface area contributed by atoms with E-state index in [2.05, 4.69) is 42.2 Å². The fraction of sp³-hybridized carbons (Fsp3) is 0.0769. The molecule has 1 aromatic carbocycles. The first-order chi connectivity index (χ1) is 9.77. The Morgan fingerprint density at radius 2 is 1.86 bits per heavy atom. The largest absolute Gasteiger partial charge is 0.418 e. The summed E-state index contributed by atoms with van der Waals surface area (Å²) in [7, 11) is 0. The summed E-state index contributed by atoms with van der Waals surface area (Å²) < 4.78 is 39.6. The van der Waals surface area contributed by atoms with Crippen LogP contribution in [0.15, 0.2) is 45.6 Å². The highest BCUT2D eigenvalue weighted by Gasteiger charge is 2.34. The number of amides is 1. The number of halogens is 5. The molecule has 21 heavy (non-hydrogen) atoms. The number of benzene rings is 1. The Bertz CT molecular complexity index is 672. The third-order valence-corrected chi connectivity index (χ3v) is 3.49. The Hall–Kier alpha value is -1.41. The number of pyridine rings is 1. The second-order valence-corrected chi connectivity index (χ2v) is 5.74. The normalized spacial score (nSPS) is 11.3. The zero-order chi connectivity index (χ0) is 15.6. The van der Waals surface area contributed by atoms with Crippen LogP contribution in [0.2, 0.25) is 0 Å². The van der Waals surface area contributed by atoms with Crippen molar-refractivity contribution in [2.24, 2.45) is 0 Å². The van der Waals surface area contributed by atoms with E-state index in [4.69, 9.17) is 0 Å². The lowest BCUT2D eigenvalue weighted by molar-refractivity contribution is -0.136. The molecule has 2 aromatic rings. The van der Waals surface area contributed by atoms with Crippen molar-refractivity contribution in [3.8, 4) is 0 Å². The van der Waals surface area contributed by atoms with Gasteiger partial charge in [0.15, 0.2) is 0 Å². The Kier molecular flexibility index (Phi) is 4.67. The maximum Gasteiger partial charge on any atom is 0.418 e. The molecule has 110 valence electrons. The third kappa shape index (κ3) is 4.04. The molecule has 0 saturated heterocycles. The summed E-state index contributed by atoms with van der Waals surface area (Å²) in [6.45, 7) is 0. The molecule has 1 amide bonds. The zero-order valence-corrected chi connectivity index (χ0v) is 13.4. The highest BCUT2D eigenvalue weighted by atomic mass is 79.9. The van der Waals surface area contributed by atoms with Crippen molar-refractivity contribution in [3.63, 3.8) is 0 Å². The van der Waals surface area contributed by atoms with Gasteiger partial charge < -0.3 is 5.32 Å². The van der Waals surface area contributed by atoms with Gasteiger partial charge in [0.05, 0.1) is 16.8 Å². The quantitative estimate of drug-likeness (QED) is 0.699. The Labute approximate surface area is 134 Å². The van der Waals surface area contributed by atoms with Crippen LogP contribution in [0.3, 0.4) is 0 Å². The molecule has 8 heteroatoms.